The molecule has 7 nitrogen and oxygen atoms in total. The molecule has 184 valence electrons. The van der Waals surface area contributed by atoms with E-state index in [4.69, 9.17) is 4.42 Å². The third kappa shape index (κ3) is 4.47. The number of fused-ring (bicyclic) bond motifs is 1. The lowest BCUT2D eigenvalue weighted by Crippen LogP contribution is -2.17. The number of sulfone groups is 1. The van der Waals surface area contributed by atoms with Crippen LogP contribution in [0.2, 0.25) is 0 Å². The van der Waals surface area contributed by atoms with Gasteiger partial charge < -0.3 is 9.32 Å². The number of nitrogens with zero attached hydrogens (tertiary/aromatic N) is 3. The molecule has 0 aliphatic carbocycles. The average molecular weight is 528 g/mol. The summed E-state index contributed by atoms with van der Waals surface area (Å²) in [6.07, 6.45) is 6.25. The Morgan fingerprint density at radius 3 is 2.41 bits per heavy atom. The monoisotopic (exact) mass is 527 g/mol. The van der Waals surface area contributed by atoms with Crippen LogP contribution >= 0.6 is 11.3 Å². The highest BCUT2D eigenvalue weighted by Crippen LogP contribution is 2.36. The summed E-state index contributed by atoms with van der Waals surface area (Å²) in [5, 5.41) is 0. The highest BCUT2D eigenvalue weighted by molar-refractivity contribution is 7.90. The molecule has 0 saturated carbocycles. The van der Waals surface area contributed by atoms with Crippen molar-refractivity contribution in [2.75, 3.05) is 7.05 Å². The van der Waals surface area contributed by atoms with Gasteiger partial charge in [-0.05, 0) is 71.3 Å². The van der Waals surface area contributed by atoms with Crippen molar-refractivity contribution in [3.8, 4) is 32.2 Å². The normalized spacial score (nSPS) is 13.2. The molecule has 1 aliphatic heterocycles. The maximum atomic E-state index is 13.1. The van der Waals surface area contributed by atoms with Crippen molar-refractivity contribution in [2.24, 2.45) is 0 Å². The van der Waals surface area contributed by atoms with Crippen molar-refractivity contribution < 1.29 is 17.6 Å². The van der Waals surface area contributed by atoms with E-state index >= 15 is 0 Å². The Morgan fingerprint density at radius 2 is 1.65 bits per heavy atom. The number of oxazole rings is 1. The van der Waals surface area contributed by atoms with Crippen LogP contribution in [0.5, 0.6) is 0 Å². The van der Waals surface area contributed by atoms with Gasteiger partial charge in [-0.1, -0.05) is 6.07 Å². The summed E-state index contributed by atoms with van der Waals surface area (Å²) in [5.41, 5.74) is 5.08. The zero-order valence-electron chi connectivity index (χ0n) is 19.8. The van der Waals surface area contributed by atoms with E-state index in [1.807, 2.05) is 30.3 Å². The number of hydrogen-bond acceptors (Lipinski definition) is 7. The van der Waals surface area contributed by atoms with Gasteiger partial charge in [-0.25, -0.2) is 13.4 Å². The van der Waals surface area contributed by atoms with E-state index in [0.29, 0.717) is 17.9 Å². The fourth-order valence-electron chi connectivity index (χ4n) is 4.46. The molecule has 37 heavy (non-hydrogen) atoms. The first-order valence-corrected chi connectivity index (χ1v) is 14.0. The Bertz CT molecular complexity index is 1720. The van der Waals surface area contributed by atoms with Gasteiger partial charge in [0.25, 0.3) is 5.91 Å². The maximum absolute atomic E-state index is 13.1. The zero-order chi connectivity index (χ0) is 25.6. The number of pyridine rings is 1. The number of carbonyl (C=O) groups excluding carboxylic acids is 1. The summed E-state index contributed by atoms with van der Waals surface area (Å²) < 4.78 is 31.4. The van der Waals surface area contributed by atoms with E-state index in [0.717, 1.165) is 37.6 Å². The number of rotatable bonds is 6. The van der Waals surface area contributed by atoms with E-state index in [2.05, 4.69) is 16.0 Å². The standard InChI is InChI=1S/C28H21N3O4S2/c1-31-15-22-11-20(4-7-24(22)28(31)32)26-8-9-27(36-26)21-10-18(12-29-13-21)16-37(33,34)23-5-2-19(3-6-23)25-14-30-17-35-25/h2-14,17H,15-16H2,1H3. The summed E-state index contributed by atoms with van der Waals surface area (Å²) in [5.74, 6) is 0.481. The fourth-order valence-corrected chi connectivity index (χ4v) is 6.75. The summed E-state index contributed by atoms with van der Waals surface area (Å²) in [7, 11) is -1.76. The van der Waals surface area contributed by atoms with Crippen molar-refractivity contribution in [1.82, 2.24) is 14.9 Å². The lowest BCUT2D eigenvalue weighted by atomic mass is 10.1. The summed E-state index contributed by atoms with van der Waals surface area (Å²) in [6, 6.07) is 18.5. The summed E-state index contributed by atoms with van der Waals surface area (Å²) >= 11 is 1.61. The molecule has 0 saturated heterocycles. The van der Waals surface area contributed by atoms with Crippen molar-refractivity contribution in [2.45, 2.75) is 17.2 Å². The van der Waals surface area contributed by atoms with Crippen molar-refractivity contribution >= 4 is 27.1 Å². The molecule has 0 fully saturated rings. The number of amides is 1. The Balaban J connectivity index is 1.22. The van der Waals surface area contributed by atoms with Gasteiger partial charge in [-0.2, -0.15) is 0 Å². The largest absolute Gasteiger partial charge is 0.444 e. The van der Waals surface area contributed by atoms with Crippen LogP contribution in [0, 0.1) is 0 Å². The van der Waals surface area contributed by atoms with Crippen LogP contribution in [0.1, 0.15) is 21.5 Å². The predicted octanol–water partition coefficient (Wildman–Crippen LogP) is 5.69. The molecule has 0 bridgehead atoms. The number of thiophene rings is 1. The highest BCUT2D eigenvalue weighted by Gasteiger charge is 2.24. The van der Waals surface area contributed by atoms with Gasteiger partial charge in [-0.3, -0.25) is 9.78 Å². The smallest absolute Gasteiger partial charge is 0.254 e. The molecular formula is C28H21N3O4S2. The van der Waals surface area contributed by atoms with Crippen LogP contribution in [0.25, 0.3) is 32.2 Å². The minimum Gasteiger partial charge on any atom is -0.444 e. The van der Waals surface area contributed by atoms with Crippen molar-refractivity contribution in [3.05, 3.63) is 102 Å². The van der Waals surface area contributed by atoms with Gasteiger partial charge in [0.1, 0.15) is 0 Å². The zero-order valence-corrected chi connectivity index (χ0v) is 21.4. The van der Waals surface area contributed by atoms with Crippen LogP contribution in [0.15, 0.2) is 95.0 Å². The molecule has 1 amide bonds. The first kappa shape index (κ1) is 23.3. The van der Waals surface area contributed by atoms with Gasteiger partial charge in [0.2, 0.25) is 0 Å². The second-order valence-electron chi connectivity index (χ2n) is 8.93. The lowest BCUT2D eigenvalue weighted by molar-refractivity contribution is 0.0816. The third-order valence-corrected chi connectivity index (χ3v) is 9.23. The minimum absolute atomic E-state index is 0.0528. The molecule has 0 unspecified atom stereocenters. The molecule has 9 heteroatoms. The summed E-state index contributed by atoms with van der Waals surface area (Å²) in [6.45, 7) is 0.615. The minimum atomic E-state index is -3.56. The Kier molecular flexibility index (Phi) is 5.73. The van der Waals surface area contributed by atoms with Crippen molar-refractivity contribution in [3.63, 3.8) is 0 Å². The van der Waals surface area contributed by atoms with E-state index < -0.39 is 9.84 Å². The van der Waals surface area contributed by atoms with Gasteiger partial charge >= 0.3 is 0 Å². The fraction of sp³-hybridized carbons (Fsp3) is 0.107. The van der Waals surface area contributed by atoms with Crippen LogP contribution < -0.4 is 0 Å². The van der Waals surface area contributed by atoms with E-state index in [9.17, 15) is 13.2 Å². The van der Waals surface area contributed by atoms with E-state index in [-0.39, 0.29) is 16.6 Å². The van der Waals surface area contributed by atoms with Crippen LogP contribution in [0.3, 0.4) is 0 Å². The van der Waals surface area contributed by atoms with Crippen LogP contribution in [-0.2, 0) is 22.1 Å². The van der Waals surface area contributed by atoms with Gasteiger partial charge in [-0.15, -0.1) is 11.3 Å². The number of aromatic nitrogens is 2. The number of carbonyl (C=O) groups is 1. The second kappa shape index (κ2) is 9.10. The Labute approximate surface area is 218 Å². The molecule has 0 spiro atoms. The molecular weight excluding hydrogens is 506 g/mol. The topological polar surface area (TPSA) is 93.4 Å². The molecule has 0 N–H and O–H groups in total. The maximum Gasteiger partial charge on any atom is 0.254 e. The first-order valence-electron chi connectivity index (χ1n) is 11.5. The van der Waals surface area contributed by atoms with E-state index in [1.54, 1.807) is 66.1 Å². The molecule has 3 aromatic heterocycles. The Hall–Kier alpha value is -4.08. The molecule has 5 aromatic rings. The highest BCUT2D eigenvalue weighted by atomic mass is 32.2. The van der Waals surface area contributed by atoms with Gasteiger partial charge in [0.15, 0.2) is 22.0 Å². The molecule has 1 aliphatic rings. The molecule has 2 aromatic carbocycles. The van der Waals surface area contributed by atoms with E-state index in [1.165, 1.54) is 6.39 Å². The SMILES string of the molecule is CN1Cc2cc(-c3ccc(-c4cncc(CS(=O)(=O)c5ccc(-c6cnco6)cc5)c4)s3)ccc2C1=O. The summed E-state index contributed by atoms with van der Waals surface area (Å²) in [4.78, 5) is 24.4. The van der Waals surface area contributed by atoms with Gasteiger partial charge in [0.05, 0.1) is 16.8 Å². The second-order valence-corrected chi connectivity index (χ2v) is 12.0. The lowest BCUT2D eigenvalue weighted by Gasteiger charge is -2.07. The molecule has 0 atom stereocenters. The third-order valence-electron chi connectivity index (χ3n) is 6.35. The van der Waals surface area contributed by atoms with Gasteiger partial charge in [0, 0.05) is 52.4 Å². The Morgan fingerprint density at radius 1 is 0.892 bits per heavy atom. The molecule has 0 radical (unpaired) electrons. The average Bonchev–Trinajstić information content (AvgIpc) is 3.66. The number of benzene rings is 2. The predicted molar refractivity (Wildman–Crippen MR) is 142 cm³/mol. The number of hydrogen-bond donors (Lipinski definition) is 0. The molecule has 6 rings (SSSR count). The van der Waals surface area contributed by atoms with Crippen molar-refractivity contribution in [1.29, 1.82) is 0 Å². The molecule has 4 heterocycles. The quantitative estimate of drug-likeness (QED) is 0.282. The van der Waals surface area contributed by atoms with Crippen LogP contribution in [-0.4, -0.2) is 36.2 Å². The van der Waals surface area contributed by atoms with Crippen LogP contribution in [0.4, 0.5) is 0 Å². The first-order chi connectivity index (χ1) is 17.9.